The number of rotatable bonds is 5. The number of halogens is 4. The van der Waals surface area contributed by atoms with Gasteiger partial charge in [-0.15, -0.1) is 0 Å². The van der Waals surface area contributed by atoms with Gasteiger partial charge in [0, 0.05) is 16.3 Å². The van der Waals surface area contributed by atoms with Gasteiger partial charge in [-0.3, -0.25) is 4.79 Å². The van der Waals surface area contributed by atoms with Crippen LogP contribution in [0.2, 0.25) is 5.02 Å². The third-order valence-corrected chi connectivity index (χ3v) is 4.44. The summed E-state index contributed by atoms with van der Waals surface area (Å²) >= 11 is 28.9. The third-order valence-electron chi connectivity index (χ3n) is 3.33. The zero-order valence-electron chi connectivity index (χ0n) is 13.9. The van der Waals surface area contributed by atoms with E-state index in [9.17, 15) is 9.59 Å². The summed E-state index contributed by atoms with van der Waals surface area (Å²) in [5.74, 6) is -1.63. The molecule has 0 aliphatic rings. The number of nitrogens with one attached hydrogen (secondary N) is 3. The average molecular weight is 481 g/mol. The van der Waals surface area contributed by atoms with E-state index in [1.807, 2.05) is 0 Å². The molecule has 1 amide bonds. The van der Waals surface area contributed by atoms with Gasteiger partial charge < -0.3 is 21.1 Å². The number of amides is 1. The van der Waals surface area contributed by atoms with E-state index in [1.54, 1.807) is 30.3 Å². The van der Waals surface area contributed by atoms with Crippen LogP contribution in [-0.4, -0.2) is 32.1 Å². The topological polar surface area (TPSA) is 90.5 Å². The number of benzene rings is 2. The molecule has 1 atom stereocenters. The van der Waals surface area contributed by atoms with Crippen LogP contribution in [-0.2, 0) is 0 Å². The van der Waals surface area contributed by atoms with Gasteiger partial charge in [0.1, 0.15) is 6.17 Å². The molecule has 0 aromatic heterocycles. The Kier molecular flexibility index (Phi) is 7.74. The van der Waals surface area contributed by atoms with Crippen molar-refractivity contribution in [3.05, 3.63) is 64.7 Å². The lowest BCUT2D eigenvalue weighted by Gasteiger charge is -2.27. The first-order chi connectivity index (χ1) is 13.1. The molecule has 28 heavy (non-hydrogen) atoms. The molecular formula is C17H13Cl4N3O3S. The van der Waals surface area contributed by atoms with Crippen molar-refractivity contribution in [2.24, 2.45) is 0 Å². The number of anilines is 1. The lowest BCUT2D eigenvalue weighted by Crippen LogP contribution is -2.56. The summed E-state index contributed by atoms with van der Waals surface area (Å²) in [5, 5.41) is 17.4. The fraction of sp³-hybridized carbons (Fsp3) is 0.118. The Morgan fingerprint density at radius 3 is 2.25 bits per heavy atom. The van der Waals surface area contributed by atoms with Crippen molar-refractivity contribution in [2.45, 2.75) is 9.96 Å². The van der Waals surface area contributed by atoms with Crippen molar-refractivity contribution in [2.75, 3.05) is 5.32 Å². The summed E-state index contributed by atoms with van der Waals surface area (Å²) in [6.07, 6.45) is -1.19. The van der Waals surface area contributed by atoms with Gasteiger partial charge in [-0.05, 0) is 48.6 Å². The molecule has 2 rings (SSSR count). The summed E-state index contributed by atoms with van der Waals surface area (Å²) in [5.41, 5.74) is 0.739. The predicted molar refractivity (Wildman–Crippen MR) is 116 cm³/mol. The third kappa shape index (κ3) is 6.68. The average Bonchev–Trinajstić information content (AvgIpc) is 2.60. The number of carboxylic acid groups (broad SMARTS) is 1. The maximum Gasteiger partial charge on any atom is 0.335 e. The van der Waals surface area contributed by atoms with E-state index in [0.29, 0.717) is 10.7 Å². The van der Waals surface area contributed by atoms with Gasteiger partial charge in [0.15, 0.2) is 5.11 Å². The molecule has 0 heterocycles. The molecule has 2 aromatic carbocycles. The number of carbonyl (C=O) groups is 2. The molecule has 0 radical (unpaired) electrons. The minimum absolute atomic E-state index is 0.00487. The Morgan fingerprint density at radius 1 is 1.00 bits per heavy atom. The minimum Gasteiger partial charge on any atom is -0.478 e. The van der Waals surface area contributed by atoms with Gasteiger partial charge in [-0.2, -0.15) is 0 Å². The molecule has 148 valence electrons. The first-order valence-corrected chi connectivity index (χ1v) is 9.52. The highest BCUT2D eigenvalue weighted by Gasteiger charge is 2.35. The Hall–Kier alpha value is -1.77. The Bertz CT molecular complexity index is 905. The highest BCUT2D eigenvalue weighted by molar-refractivity contribution is 7.80. The molecule has 0 fully saturated rings. The Morgan fingerprint density at radius 2 is 1.64 bits per heavy atom. The van der Waals surface area contributed by atoms with Gasteiger partial charge in [-0.1, -0.05) is 58.5 Å². The molecule has 0 aliphatic carbocycles. The summed E-state index contributed by atoms with van der Waals surface area (Å²) < 4.78 is -1.94. The van der Waals surface area contributed by atoms with E-state index in [4.69, 9.17) is 63.7 Å². The SMILES string of the molecule is O=C(O)c1cccc(NC(=S)N[C@H](NC(=O)c2cccc(Cl)c2)C(Cl)(Cl)Cl)c1. The molecule has 0 spiro atoms. The van der Waals surface area contributed by atoms with Crippen molar-refractivity contribution in [3.63, 3.8) is 0 Å². The van der Waals surface area contributed by atoms with Gasteiger partial charge >= 0.3 is 5.97 Å². The first-order valence-electron chi connectivity index (χ1n) is 7.60. The monoisotopic (exact) mass is 479 g/mol. The highest BCUT2D eigenvalue weighted by Crippen LogP contribution is 2.29. The van der Waals surface area contributed by atoms with Gasteiger partial charge in [0.25, 0.3) is 5.91 Å². The van der Waals surface area contributed by atoms with Crippen molar-refractivity contribution >= 4 is 81.3 Å². The van der Waals surface area contributed by atoms with Crippen LogP contribution in [0.5, 0.6) is 0 Å². The maximum atomic E-state index is 12.4. The number of alkyl halides is 3. The molecule has 2 aromatic rings. The summed E-state index contributed by atoms with van der Waals surface area (Å²) in [7, 11) is 0. The molecular weight excluding hydrogens is 468 g/mol. The first kappa shape index (κ1) is 22.5. The van der Waals surface area contributed by atoms with E-state index >= 15 is 0 Å². The highest BCUT2D eigenvalue weighted by atomic mass is 35.6. The second kappa shape index (κ2) is 9.62. The van der Waals surface area contributed by atoms with Crippen LogP contribution in [0.4, 0.5) is 5.69 Å². The zero-order valence-corrected chi connectivity index (χ0v) is 17.7. The van der Waals surface area contributed by atoms with Gasteiger partial charge in [-0.25, -0.2) is 4.79 Å². The van der Waals surface area contributed by atoms with Crippen molar-refractivity contribution in [3.8, 4) is 0 Å². The quantitative estimate of drug-likeness (QED) is 0.287. The summed E-state index contributed by atoms with van der Waals surface area (Å²) in [6.45, 7) is 0. The Balaban J connectivity index is 2.09. The standard InChI is InChI=1S/C17H13Cl4N3O3S/c18-11-5-1-3-9(7-11)13(25)23-15(17(19,20)21)24-16(28)22-12-6-2-4-10(8-12)14(26)27/h1-8,15H,(H,23,25)(H,26,27)(H2,22,24,28)/t15-/m0/s1. The molecule has 0 saturated carbocycles. The van der Waals surface area contributed by atoms with E-state index in [1.165, 1.54) is 18.2 Å². The smallest absolute Gasteiger partial charge is 0.335 e. The van der Waals surface area contributed by atoms with Crippen LogP contribution < -0.4 is 16.0 Å². The van der Waals surface area contributed by atoms with Crippen molar-refractivity contribution in [1.29, 1.82) is 0 Å². The van der Waals surface area contributed by atoms with Gasteiger partial charge in [0.2, 0.25) is 3.79 Å². The van der Waals surface area contributed by atoms with Crippen LogP contribution >= 0.6 is 58.6 Å². The molecule has 6 nitrogen and oxygen atoms in total. The lowest BCUT2D eigenvalue weighted by atomic mass is 10.2. The lowest BCUT2D eigenvalue weighted by molar-refractivity contribution is 0.0696. The van der Waals surface area contributed by atoms with E-state index in [0.717, 1.165) is 0 Å². The number of carboxylic acids is 1. The number of aromatic carboxylic acids is 1. The Labute approximate surface area is 186 Å². The van der Waals surface area contributed by atoms with E-state index < -0.39 is 21.8 Å². The largest absolute Gasteiger partial charge is 0.478 e. The number of hydrogen-bond donors (Lipinski definition) is 4. The summed E-state index contributed by atoms with van der Waals surface area (Å²) in [4.78, 5) is 23.4. The molecule has 0 unspecified atom stereocenters. The molecule has 0 aliphatic heterocycles. The fourth-order valence-electron chi connectivity index (χ4n) is 2.07. The molecule has 0 bridgehead atoms. The number of hydrogen-bond acceptors (Lipinski definition) is 3. The summed E-state index contributed by atoms with van der Waals surface area (Å²) in [6, 6.07) is 12.2. The van der Waals surface area contributed by atoms with Crippen LogP contribution in [0, 0.1) is 0 Å². The molecule has 4 N–H and O–H groups in total. The van der Waals surface area contributed by atoms with Crippen LogP contribution in [0.1, 0.15) is 20.7 Å². The fourth-order valence-corrected chi connectivity index (χ4v) is 2.83. The van der Waals surface area contributed by atoms with Crippen LogP contribution in [0.3, 0.4) is 0 Å². The van der Waals surface area contributed by atoms with Gasteiger partial charge in [0.05, 0.1) is 5.56 Å². The van der Waals surface area contributed by atoms with Crippen molar-refractivity contribution < 1.29 is 14.7 Å². The second-order valence-corrected chi connectivity index (χ2v) is 8.66. The molecule has 0 saturated heterocycles. The maximum absolute atomic E-state index is 12.4. The normalized spacial score (nSPS) is 12.0. The number of carbonyl (C=O) groups excluding carboxylic acids is 1. The minimum atomic E-state index is -1.94. The molecule has 11 heteroatoms. The number of thiocarbonyl (C=S) groups is 1. The van der Waals surface area contributed by atoms with E-state index in [2.05, 4.69) is 16.0 Å². The predicted octanol–water partition coefficient (Wildman–Crippen LogP) is 4.45. The van der Waals surface area contributed by atoms with Crippen LogP contribution in [0.25, 0.3) is 0 Å². The zero-order chi connectivity index (χ0) is 20.9. The van der Waals surface area contributed by atoms with E-state index in [-0.39, 0.29) is 16.2 Å². The van der Waals surface area contributed by atoms with Crippen LogP contribution in [0.15, 0.2) is 48.5 Å². The van der Waals surface area contributed by atoms with Crippen molar-refractivity contribution in [1.82, 2.24) is 10.6 Å². The second-order valence-electron chi connectivity index (χ2n) is 5.44.